The number of aromatic nitrogens is 4. The van der Waals surface area contributed by atoms with Crippen molar-refractivity contribution in [1.82, 2.24) is 24.7 Å². The summed E-state index contributed by atoms with van der Waals surface area (Å²) >= 11 is 0. The fourth-order valence-electron chi connectivity index (χ4n) is 3.31. The summed E-state index contributed by atoms with van der Waals surface area (Å²) in [5.74, 6) is 0.628. The topological polar surface area (TPSA) is 75.1 Å². The van der Waals surface area contributed by atoms with E-state index in [4.69, 9.17) is 0 Å². The first kappa shape index (κ1) is 16.3. The third-order valence-corrected chi connectivity index (χ3v) is 4.64. The van der Waals surface area contributed by atoms with Gasteiger partial charge in [0.1, 0.15) is 11.5 Å². The molecule has 3 heterocycles. The summed E-state index contributed by atoms with van der Waals surface area (Å²) < 4.78 is 1.93. The van der Waals surface area contributed by atoms with Crippen molar-refractivity contribution in [2.45, 2.75) is 33.2 Å². The van der Waals surface area contributed by atoms with E-state index in [0.717, 1.165) is 34.7 Å². The average Bonchev–Trinajstić information content (AvgIpc) is 3.23. The Morgan fingerprint density at radius 3 is 2.81 bits per heavy atom. The van der Waals surface area contributed by atoms with Crippen molar-refractivity contribution in [3.63, 3.8) is 0 Å². The van der Waals surface area contributed by atoms with Crippen molar-refractivity contribution >= 4 is 22.6 Å². The van der Waals surface area contributed by atoms with Crippen molar-refractivity contribution in [2.75, 3.05) is 0 Å². The predicted molar refractivity (Wildman–Crippen MR) is 101 cm³/mol. The van der Waals surface area contributed by atoms with Crippen LogP contribution in [0.25, 0.3) is 16.7 Å². The Kier molecular flexibility index (Phi) is 3.95. The van der Waals surface area contributed by atoms with Gasteiger partial charge in [0, 0.05) is 17.6 Å². The highest BCUT2D eigenvalue weighted by Crippen LogP contribution is 2.20. The highest BCUT2D eigenvalue weighted by atomic mass is 16.1. The van der Waals surface area contributed by atoms with E-state index in [0.29, 0.717) is 11.2 Å². The molecule has 0 fully saturated rings. The summed E-state index contributed by atoms with van der Waals surface area (Å²) in [5, 5.41) is 3.09. The molecule has 3 aromatic heterocycles. The Bertz CT molecular complexity index is 1070. The van der Waals surface area contributed by atoms with Gasteiger partial charge in [-0.1, -0.05) is 19.1 Å². The number of carbonyl (C=O) groups is 1. The van der Waals surface area contributed by atoms with Crippen molar-refractivity contribution in [3.05, 3.63) is 65.4 Å². The smallest absolute Gasteiger partial charge is 0.255 e. The quantitative estimate of drug-likeness (QED) is 0.591. The van der Waals surface area contributed by atoms with Crippen LogP contribution in [-0.2, 0) is 0 Å². The van der Waals surface area contributed by atoms with Gasteiger partial charge in [0.15, 0.2) is 0 Å². The van der Waals surface area contributed by atoms with E-state index in [9.17, 15) is 4.79 Å². The van der Waals surface area contributed by atoms with Crippen LogP contribution in [0.1, 0.15) is 47.0 Å². The van der Waals surface area contributed by atoms with Crippen LogP contribution in [0.5, 0.6) is 0 Å². The molecule has 0 saturated carbocycles. The molecule has 0 aliphatic heterocycles. The molecule has 0 radical (unpaired) electrons. The summed E-state index contributed by atoms with van der Waals surface area (Å²) in [7, 11) is 0. The molecule has 6 heteroatoms. The lowest BCUT2D eigenvalue weighted by atomic mass is 10.2. The van der Waals surface area contributed by atoms with Gasteiger partial charge in [-0.3, -0.25) is 4.79 Å². The van der Waals surface area contributed by atoms with Gasteiger partial charge in [0.05, 0.1) is 22.6 Å². The summed E-state index contributed by atoms with van der Waals surface area (Å²) in [6.07, 6.45) is 2.62. The first-order valence-corrected chi connectivity index (χ1v) is 8.77. The number of H-pyrrole nitrogens is 1. The van der Waals surface area contributed by atoms with Gasteiger partial charge in [0.25, 0.3) is 5.91 Å². The maximum atomic E-state index is 12.9. The number of imidazole rings is 1. The Morgan fingerprint density at radius 2 is 2.04 bits per heavy atom. The predicted octanol–water partition coefficient (Wildman–Crippen LogP) is 3.71. The van der Waals surface area contributed by atoms with Crippen LogP contribution >= 0.6 is 0 Å². The van der Waals surface area contributed by atoms with E-state index in [1.165, 1.54) is 0 Å². The van der Waals surface area contributed by atoms with E-state index in [1.54, 1.807) is 0 Å². The molecular weight excluding hydrogens is 326 g/mol. The zero-order chi connectivity index (χ0) is 18.3. The van der Waals surface area contributed by atoms with Gasteiger partial charge >= 0.3 is 0 Å². The van der Waals surface area contributed by atoms with Gasteiger partial charge in [-0.25, -0.2) is 9.97 Å². The molecule has 1 aromatic carbocycles. The minimum absolute atomic E-state index is 0.141. The molecule has 4 aromatic rings. The lowest BCUT2D eigenvalue weighted by Crippen LogP contribution is -2.29. The van der Waals surface area contributed by atoms with Crippen molar-refractivity contribution in [3.8, 4) is 0 Å². The lowest BCUT2D eigenvalue weighted by Gasteiger charge is -2.14. The highest BCUT2D eigenvalue weighted by Gasteiger charge is 2.20. The largest absolute Gasteiger partial charge is 0.342 e. The number of nitrogens with one attached hydrogen (secondary N) is 2. The molecular formula is C20H21N5O. The molecule has 0 bridgehead atoms. The first-order valence-electron chi connectivity index (χ1n) is 8.77. The van der Waals surface area contributed by atoms with Gasteiger partial charge in [-0.05, 0) is 44.5 Å². The number of benzene rings is 1. The molecule has 4 rings (SSSR count). The maximum absolute atomic E-state index is 12.9. The zero-order valence-electron chi connectivity index (χ0n) is 15.1. The van der Waals surface area contributed by atoms with E-state index >= 15 is 0 Å². The maximum Gasteiger partial charge on any atom is 0.255 e. The monoisotopic (exact) mass is 347 g/mol. The number of hydrogen-bond donors (Lipinski definition) is 2. The normalized spacial score (nSPS) is 12.6. The van der Waals surface area contributed by atoms with Gasteiger partial charge in [-0.2, -0.15) is 0 Å². The summed E-state index contributed by atoms with van der Waals surface area (Å²) in [4.78, 5) is 25.4. The number of hydrogen-bond acceptors (Lipinski definition) is 3. The molecule has 26 heavy (non-hydrogen) atoms. The zero-order valence-corrected chi connectivity index (χ0v) is 15.1. The molecule has 2 N–H and O–H groups in total. The Hall–Kier alpha value is -3.15. The van der Waals surface area contributed by atoms with Crippen LogP contribution in [0.2, 0.25) is 0 Å². The molecule has 1 amide bonds. The molecule has 6 nitrogen and oxygen atoms in total. The molecule has 132 valence electrons. The second kappa shape index (κ2) is 6.29. The second-order valence-electron chi connectivity index (χ2n) is 6.54. The fourth-order valence-corrected chi connectivity index (χ4v) is 3.31. The first-order chi connectivity index (χ1) is 12.6. The van der Waals surface area contributed by atoms with Crippen molar-refractivity contribution in [1.29, 1.82) is 0 Å². The third kappa shape index (κ3) is 2.73. The van der Waals surface area contributed by atoms with E-state index in [2.05, 4.69) is 20.3 Å². The molecule has 0 spiro atoms. The number of fused-ring (bicyclic) bond motifs is 2. The lowest BCUT2D eigenvalue weighted by molar-refractivity contribution is 0.0935. The highest BCUT2D eigenvalue weighted by molar-refractivity contribution is 6.00. The van der Waals surface area contributed by atoms with Crippen LogP contribution in [0.3, 0.4) is 0 Å². The Morgan fingerprint density at radius 1 is 1.23 bits per heavy atom. The fraction of sp³-hybridized carbons (Fsp3) is 0.250. The Balaban J connectivity index is 1.66. The standard InChI is InChI=1S/C20H21N5O/c1-4-15(18-22-16-7-5-6-8-17(16)23-18)24-20(26)14-9-10-25-13(3)11-12(2)21-19(14)25/h5-11,15H,4H2,1-3H3,(H,22,23)(H,24,26). The SMILES string of the molecule is CCC(NC(=O)c1ccn2c(C)cc(C)nc12)c1nc2ccccc2[nH]1. The molecule has 1 unspecified atom stereocenters. The summed E-state index contributed by atoms with van der Waals surface area (Å²) in [6.45, 7) is 5.97. The van der Waals surface area contributed by atoms with E-state index in [1.807, 2.05) is 67.8 Å². The van der Waals surface area contributed by atoms with Crippen LogP contribution in [0.4, 0.5) is 0 Å². The number of aryl methyl sites for hydroxylation is 2. The summed E-state index contributed by atoms with van der Waals surface area (Å²) in [5.41, 5.74) is 5.07. The number of aromatic amines is 1. The van der Waals surface area contributed by atoms with Crippen LogP contribution in [-0.4, -0.2) is 25.3 Å². The summed E-state index contributed by atoms with van der Waals surface area (Å²) in [6, 6.07) is 11.5. The molecule has 1 atom stereocenters. The minimum atomic E-state index is -0.184. The van der Waals surface area contributed by atoms with Gasteiger partial charge < -0.3 is 14.7 Å². The average molecular weight is 347 g/mol. The minimum Gasteiger partial charge on any atom is -0.342 e. The van der Waals surface area contributed by atoms with E-state index in [-0.39, 0.29) is 11.9 Å². The molecule has 0 aliphatic carbocycles. The van der Waals surface area contributed by atoms with Crippen LogP contribution in [0.15, 0.2) is 42.6 Å². The van der Waals surface area contributed by atoms with Gasteiger partial charge in [-0.15, -0.1) is 0 Å². The number of amides is 1. The second-order valence-corrected chi connectivity index (χ2v) is 6.54. The van der Waals surface area contributed by atoms with Gasteiger partial charge in [0.2, 0.25) is 0 Å². The van der Waals surface area contributed by atoms with Crippen LogP contribution < -0.4 is 5.32 Å². The number of nitrogens with zero attached hydrogens (tertiary/aromatic N) is 3. The third-order valence-electron chi connectivity index (χ3n) is 4.64. The Labute approximate surface area is 151 Å². The van der Waals surface area contributed by atoms with Crippen LogP contribution in [0, 0.1) is 13.8 Å². The molecule has 0 aliphatic rings. The molecule has 0 saturated heterocycles. The van der Waals surface area contributed by atoms with E-state index < -0.39 is 0 Å². The van der Waals surface area contributed by atoms with Crippen molar-refractivity contribution < 1.29 is 4.79 Å². The van der Waals surface area contributed by atoms with Crippen molar-refractivity contribution in [2.24, 2.45) is 0 Å². The number of para-hydroxylation sites is 2. The number of carbonyl (C=O) groups excluding carboxylic acids is 1. The number of rotatable bonds is 4.